The van der Waals surface area contributed by atoms with Crippen LogP contribution in [-0.4, -0.2) is 29.8 Å². The van der Waals surface area contributed by atoms with Crippen LogP contribution in [0.4, 0.5) is 0 Å². The molecule has 0 saturated heterocycles. The maximum absolute atomic E-state index is 11.9. The molecule has 1 amide bonds. The first-order valence-corrected chi connectivity index (χ1v) is 7.74. The van der Waals surface area contributed by atoms with Gasteiger partial charge in [-0.3, -0.25) is 4.79 Å². The molecule has 23 heavy (non-hydrogen) atoms. The zero-order valence-corrected chi connectivity index (χ0v) is 12.7. The molecule has 0 radical (unpaired) electrons. The number of carbonyl (C=O) groups excluding carboxylic acids is 1. The predicted molar refractivity (Wildman–Crippen MR) is 84.4 cm³/mol. The summed E-state index contributed by atoms with van der Waals surface area (Å²) in [6.07, 6.45) is 2.76. The maximum Gasteiger partial charge on any atom is 0.336 e. The van der Waals surface area contributed by atoms with Gasteiger partial charge in [-0.15, -0.1) is 0 Å². The zero-order chi connectivity index (χ0) is 16.2. The Balaban J connectivity index is 1.55. The Morgan fingerprint density at radius 3 is 2.74 bits per heavy atom. The monoisotopic (exact) mass is 317 g/mol. The minimum Gasteiger partial charge on any atom is -0.484 e. The van der Waals surface area contributed by atoms with Gasteiger partial charge >= 0.3 is 5.63 Å². The lowest BCUT2D eigenvalue weighted by atomic mass is 9.93. The second-order valence-corrected chi connectivity index (χ2v) is 5.82. The molecule has 1 aliphatic rings. The fraction of sp³-hybridized carbons (Fsp3) is 0.412. The van der Waals surface area contributed by atoms with Gasteiger partial charge in [0.2, 0.25) is 0 Å². The van der Waals surface area contributed by atoms with Gasteiger partial charge in [0.1, 0.15) is 11.3 Å². The molecule has 0 atom stereocenters. The summed E-state index contributed by atoms with van der Waals surface area (Å²) in [5.41, 5.74) is 0.00329. The molecular formula is C17H19NO5. The van der Waals surface area contributed by atoms with Crippen molar-refractivity contribution in [3.05, 3.63) is 40.8 Å². The second kappa shape index (κ2) is 6.83. The average Bonchev–Trinajstić information content (AvgIpc) is 2.54. The van der Waals surface area contributed by atoms with E-state index in [1.54, 1.807) is 24.3 Å². The first-order chi connectivity index (χ1) is 11.1. The number of hydrogen-bond acceptors (Lipinski definition) is 5. The Morgan fingerprint density at radius 2 is 1.96 bits per heavy atom. The molecule has 0 unspecified atom stereocenters. The van der Waals surface area contributed by atoms with Gasteiger partial charge in [-0.05, 0) is 43.9 Å². The SMILES string of the molecule is O=C(COc1ccc2ccc(=O)oc2c1)NC1CCC(O)CC1. The molecule has 1 aromatic carbocycles. The number of nitrogens with one attached hydrogen (secondary N) is 1. The second-order valence-electron chi connectivity index (χ2n) is 5.82. The molecule has 6 nitrogen and oxygen atoms in total. The van der Waals surface area contributed by atoms with E-state index in [2.05, 4.69) is 5.32 Å². The lowest BCUT2D eigenvalue weighted by molar-refractivity contribution is -0.124. The van der Waals surface area contributed by atoms with Crippen LogP contribution in [0.3, 0.4) is 0 Å². The molecule has 1 aliphatic carbocycles. The van der Waals surface area contributed by atoms with Crippen molar-refractivity contribution in [2.75, 3.05) is 6.61 Å². The van der Waals surface area contributed by atoms with Crippen LogP contribution < -0.4 is 15.7 Å². The van der Waals surface area contributed by atoms with Gasteiger partial charge in [0.05, 0.1) is 6.10 Å². The molecule has 1 fully saturated rings. The Kier molecular flexibility index (Phi) is 4.62. The summed E-state index contributed by atoms with van der Waals surface area (Å²) in [6.45, 7) is -0.0956. The number of aliphatic hydroxyl groups is 1. The first-order valence-electron chi connectivity index (χ1n) is 7.74. The Morgan fingerprint density at radius 1 is 1.22 bits per heavy atom. The Hall–Kier alpha value is -2.34. The zero-order valence-electron chi connectivity index (χ0n) is 12.7. The van der Waals surface area contributed by atoms with Crippen molar-refractivity contribution >= 4 is 16.9 Å². The smallest absolute Gasteiger partial charge is 0.336 e. The van der Waals surface area contributed by atoms with E-state index >= 15 is 0 Å². The predicted octanol–water partition coefficient (Wildman–Crippen LogP) is 1.59. The summed E-state index contributed by atoms with van der Waals surface area (Å²) in [5, 5.41) is 13.2. The first kappa shape index (κ1) is 15.6. The molecule has 1 saturated carbocycles. The van der Waals surface area contributed by atoms with Crippen LogP contribution in [0.15, 0.2) is 39.5 Å². The van der Waals surface area contributed by atoms with Gasteiger partial charge in [-0.1, -0.05) is 0 Å². The van der Waals surface area contributed by atoms with E-state index in [-0.39, 0.29) is 24.7 Å². The summed E-state index contributed by atoms with van der Waals surface area (Å²) in [6, 6.07) is 8.23. The standard InChI is InChI=1S/C17H19NO5/c19-13-5-3-12(4-6-13)18-16(20)10-22-14-7-1-11-2-8-17(21)23-15(11)9-14/h1-2,7-9,12-13,19H,3-6,10H2,(H,18,20). The van der Waals surface area contributed by atoms with Crippen LogP contribution in [0, 0.1) is 0 Å². The van der Waals surface area contributed by atoms with E-state index < -0.39 is 5.63 Å². The molecule has 1 heterocycles. The highest BCUT2D eigenvalue weighted by Crippen LogP contribution is 2.20. The normalized spacial score (nSPS) is 21.1. The summed E-state index contributed by atoms with van der Waals surface area (Å²) >= 11 is 0. The van der Waals surface area contributed by atoms with E-state index in [1.807, 2.05) is 0 Å². The summed E-state index contributed by atoms with van der Waals surface area (Å²) in [4.78, 5) is 23.1. The molecule has 0 aliphatic heterocycles. The van der Waals surface area contributed by atoms with E-state index in [0.717, 1.165) is 31.1 Å². The fourth-order valence-electron chi connectivity index (χ4n) is 2.77. The minimum atomic E-state index is -0.424. The highest BCUT2D eigenvalue weighted by Gasteiger charge is 2.20. The molecule has 0 spiro atoms. The number of rotatable bonds is 4. The van der Waals surface area contributed by atoms with E-state index in [0.29, 0.717) is 11.3 Å². The number of amides is 1. The summed E-state index contributed by atoms with van der Waals surface area (Å²) in [7, 11) is 0. The summed E-state index contributed by atoms with van der Waals surface area (Å²) < 4.78 is 10.5. The van der Waals surface area contributed by atoms with E-state index in [1.165, 1.54) is 6.07 Å². The fourth-order valence-corrected chi connectivity index (χ4v) is 2.77. The molecular weight excluding hydrogens is 298 g/mol. The van der Waals surface area contributed by atoms with Crippen LogP contribution >= 0.6 is 0 Å². The average molecular weight is 317 g/mol. The van der Waals surface area contributed by atoms with Crippen LogP contribution in [0.5, 0.6) is 5.75 Å². The molecule has 1 aromatic heterocycles. The van der Waals surface area contributed by atoms with Gasteiger partial charge in [-0.25, -0.2) is 4.79 Å². The third kappa shape index (κ3) is 4.10. The molecule has 2 aromatic rings. The number of aliphatic hydroxyl groups excluding tert-OH is 1. The Labute approximate surface area is 133 Å². The topological polar surface area (TPSA) is 88.8 Å². The third-order valence-electron chi connectivity index (χ3n) is 4.03. The lowest BCUT2D eigenvalue weighted by Gasteiger charge is -2.26. The molecule has 122 valence electrons. The van der Waals surface area contributed by atoms with Crippen molar-refractivity contribution < 1.29 is 19.1 Å². The van der Waals surface area contributed by atoms with Crippen LogP contribution in [0.25, 0.3) is 11.0 Å². The summed E-state index contributed by atoms with van der Waals surface area (Å²) in [5.74, 6) is 0.280. The van der Waals surface area contributed by atoms with Crippen molar-refractivity contribution in [1.29, 1.82) is 0 Å². The number of hydrogen-bond donors (Lipinski definition) is 2. The van der Waals surface area contributed by atoms with Gasteiger partial charge in [-0.2, -0.15) is 0 Å². The van der Waals surface area contributed by atoms with Crippen molar-refractivity contribution in [2.24, 2.45) is 0 Å². The molecule has 3 rings (SSSR count). The third-order valence-corrected chi connectivity index (χ3v) is 4.03. The minimum absolute atomic E-state index is 0.0956. The molecule has 0 bridgehead atoms. The lowest BCUT2D eigenvalue weighted by Crippen LogP contribution is -2.40. The number of ether oxygens (including phenoxy) is 1. The van der Waals surface area contributed by atoms with E-state index in [9.17, 15) is 14.7 Å². The highest BCUT2D eigenvalue weighted by molar-refractivity contribution is 5.79. The largest absolute Gasteiger partial charge is 0.484 e. The van der Waals surface area contributed by atoms with Crippen LogP contribution in [0.1, 0.15) is 25.7 Å². The number of benzene rings is 1. The van der Waals surface area contributed by atoms with Crippen molar-refractivity contribution in [3.63, 3.8) is 0 Å². The van der Waals surface area contributed by atoms with Crippen molar-refractivity contribution in [1.82, 2.24) is 5.32 Å². The van der Waals surface area contributed by atoms with Crippen molar-refractivity contribution in [3.8, 4) is 5.75 Å². The Bertz CT molecular complexity index is 746. The van der Waals surface area contributed by atoms with Gasteiger partial charge in [0.25, 0.3) is 5.91 Å². The van der Waals surface area contributed by atoms with Gasteiger partial charge < -0.3 is 19.6 Å². The number of fused-ring (bicyclic) bond motifs is 1. The molecule has 2 N–H and O–H groups in total. The molecule has 6 heteroatoms. The van der Waals surface area contributed by atoms with Crippen LogP contribution in [-0.2, 0) is 4.79 Å². The maximum atomic E-state index is 11.9. The highest BCUT2D eigenvalue weighted by atomic mass is 16.5. The van der Waals surface area contributed by atoms with Gasteiger partial charge in [0, 0.05) is 23.6 Å². The van der Waals surface area contributed by atoms with Crippen LogP contribution in [0.2, 0.25) is 0 Å². The quantitative estimate of drug-likeness (QED) is 0.836. The van der Waals surface area contributed by atoms with E-state index in [4.69, 9.17) is 9.15 Å². The van der Waals surface area contributed by atoms with Gasteiger partial charge in [0.15, 0.2) is 6.61 Å². The van der Waals surface area contributed by atoms with Crippen molar-refractivity contribution in [2.45, 2.75) is 37.8 Å². The number of carbonyl (C=O) groups is 1.